The van der Waals surface area contributed by atoms with Crippen molar-refractivity contribution in [3.05, 3.63) is 52.2 Å². The number of hydrogen-bond acceptors (Lipinski definition) is 8. The number of nitrogens with zero attached hydrogens (tertiary/aromatic N) is 2. The zero-order chi connectivity index (χ0) is 19.1. The molecule has 2 bridgehead atoms. The van der Waals surface area contributed by atoms with Gasteiger partial charge in [-0.15, -0.1) is 0 Å². The second kappa shape index (κ2) is 7.01. The van der Waals surface area contributed by atoms with Crippen molar-refractivity contribution in [2.45, 2.75) is 18.5 Å². The van der Waals surface area contributed by atoms with Crippen LogP contribution in [0.2, 0.25) is 0 Å². The van der Waals surface area contributed by atoms with Gasteiger partial charge in [-0.25, -0.2) is 5.43 Å². The molecule has 8 nitrogen and oxygen atoms in total. The summed E-state index contributed by atoms with van der Waals surface area (Å²) in [5, 5.41) is 12.3. The third-order valence-corrected chi connectivity index (χ3v) is 5.67. The number of hydrogen-bond donors (Lipinski definition) is 1. The predicted octanol–water partition coefficient (Wildman–Crippen LogP) is 2.02. The van der Waals surface area contributed by atoms with E-state index in [1.54, 1.807) is 18.6 Å². The summed E-state index contributed by atoms with van der Waals surface area (Å²) in [5.41, 5.74) is 5.34. The van der Waals surface area contributed by atoms with E-state index in [0.29, 0.717) is 17.9 Å². The van der Waals surface area contributed by atoms with Crippen LogP contribution in [0.3, 0.4) is 0 Å². The van der Waals surface area contributed by atoms with Crippen molar-refractivity contribution in [3.63, 3.8) is 0 Å². The molecule has 1 amide bonds. The SMILES string of the molecule is COc1ccc(C2=NOC3C4COC(O4)/C(=N\NC(=O)c4ccsc4)C23)cc1. The van der Waals surface area contributed by atoms with Crippen molar-refractivity contribution >= 4 is 28.7 Å². The van der Waals surface area contributed by atoms with Crippen molar-refractivity contribution < 1.29 is 23.8 Å². The van der Waals surface area contributed by atoms with Crippen molar-refractivity contribution in [2.24, 2.45) is 16.2 Å². The van der Waals surface area contributed by atoms with Gasteiger partial charge in [-0.1, -0.05) is 5.16 Å². The van der Waals surface area contributed by atoms with Crippen molar-refractivity contribution in [1.82, 2.24) is 5.43 Å². The topological polar surface area (TPSA) is 90.7 Å². The van der Waals surface area contributed by atoms with Crippen molar-refractivity contribution in [3.8, 4) is 5.75 Å². The highest BCUT2D eigenvalue weighted by Gasteiger charge is 2.55. The van der Waals surface area contributed by atoms with Crippen LogP contribution < -0.4 is 10.2 Å². The Morgan fingerprint density at radius 2 is 2.18 bits per heavy atom. The second-order valence-corrected chi connectivity index (χ2v) is 7.36. The number of ether oxygens (including phenoxy) is 3. The normalized spacial score (nSPS) is 29.2. The third-order valence-electron chi connectivity index (χ3n) is 4.99. The minimum absolute atomic E-state index is 0.221. The molecule has 0 spiro atoms. The Morgan fingerprint density at radius 1 is 1.32 bits per heavy atom. The first-order valence-electron chi connectivity index (χ1n) is 8.80. The highest BCUT2D eigenvalue weighted by Crippen LogP contribution is 2.38. The van der Waals surface area contributed by atoms with E-state index >= 15 is 0 Å². The molecule has 3 aliphatic heterocycles. The van der Waals surface area contributed by atoms with E-state index in [1.807, 2.05) is 29.6 Å². The molecule has 3 aliphatic rings. The van der Waals surface area contributed by atoms with Crippen LogP contribution in [0.25, 0.3) is 0 Å². The molecular weight excluding hydrogens is 382 g/mol. The number of methoxy groups -OCH3 is 1. The molecule has 28 heavy (non-hydrogen) atoms. The summed E-state index contributed by atoms with van der Waals surface area (Å²) >= 11 is 1.45. The maximum Gasteiger partial charge on any atom is 0.272 e. The van der Waals surface area contributed by atoms with Crippen LogP contribution in [0.5, 0.6) is 5.75 Å². The Bertz CT molecular complexity index is 941. The van der Waals surface area contributed by atoms with E-state index in [-0.39, 0.29) is 24.0 Å². The molecule has 1 aromatic heterocycles. The fraction of sp³-hybridized carbons (Fsp3) is 0.316. The van der Waals surface area contributed by atoms with Gasteiger partial charge in [-0.3, -0.25) is 4.79 Å². The van der Waals surface area contributed by atoms with Crippen LogP contribution in [-0.2, 0) is 14.3 Å². The maximum atomic E-state index is 12.3. The molecule has 5 rings (SSSR count). The number of carbonyl (C=O) groups is 1. The molecule has 144 valence electrons. The summed E-state index contributed by atoms with van der Waals surface area (Å²) < 4.78 is 16.8. The molecule has 9 heteroatoms. The third kappa shape index (κ3) is 2.88. The number of amides is 1. The van der Waals surface area contributed by atoms with Gasteiger partial charge in [0.1, 0.15) is 17.6 Å². The molecular formula is C19H17N3O5S. The zero-order valence-corrected chi connectivity index (χ0v) is 15.7. The smallest absolute Gasteiger partial charge is 0.272 e. The lowest BCUT2D eigenvalue weighted by molar-refractivity contribution is -0.0812. The number of benzene rings is 1. The van der Waals surface area contributed by atoms with Crippen LogP contribution in [-0.4, -0.2) is 49.5 Å². The Hall–Kier alpha value is -2.75. The molecule has 1 N–H and O–H groups in total. The van der Waals surface area contributed by atoms with E-state index in [2.05, 4.69) is 15.7 Å². The predicted molar refractivity (Wildman–Crippen MR) is 102 cm³/mol. The molecule has 0 aliphatic carbocycles. The van der Waals surface area contributed by atoms with Gasteiger partial charge in [-0.2, -0.15) is 16.4 Å². The molecule has 2 aromatic rings. The summed E-state index contributed by atoms with van der Waals surface area (Å²) in [6.07, 6.45) is -1.19. The fourth-order valence-electron chi connectivity index (χ4n) is 3.57. The summed E-state index contributed by atoms with van der Waals surface area (Å²) in [6.45, 7) is 0.398. The van der Waals surface area contributed by atoms with Crippen LogP contribution >= 0.6 is 11.3 Å². The minimum Gasteiger partial charge on any atom is -0.497 e. The van der Waals surface area contributed by atoms with Gasteiger partial charge in [0.05, 0.1) is 30.9 Å². The van der Waals surface area contributed by atoms with Gasteiger partial charge in [0.25, 0.3) is 5.91 Å². The highest BCUT2D eigenvalue weighted by molar-refractivity contribution is 7.08. The van der Waals surface area contributed by atoms with Crippen LogP contribution in [0.4, 0.5) is 0 Å². The van der Waals surface area contributed by atoms with Crippen molar-refractivity contribution in [1.29, 1.82) is 0 Å². The first-order chi connectivity index (χ1) is 13.7. The lowest BCUT2D eigenvalue weighted by Crippen LogP contribution is -2.49. The molecule has 4 unspecified atom stereocenters. The molecule has 1 aromatic carbocycles. The van der Waals surface area contributed by atoms with E-state index in [4.69, 9.17) is 19.0 Å². The highest BCUT2D eigenvalue weighted by atomic mass is 32.1. The van der Waals surface area contributed by atoms with Gasteiger partial charge in [-0.05, 0) is 35.7 Å². The van der Waals surface area contributed by atoms with Gasteiger partial charge in [0.2, 0.25) is 0 Å². The average Bonchev–Trinajstić information content (AvgIpc) is 3.48. The maximum absolute atomic E-state index is 12.3. The number of rotatable bonds is 4. The van der Waals surface area contributed by atoms with E-state index in [0.717, 1.165) is 17.0 Å². The minimum atomic E-state index is -0.626. The number of thiophene rings is 1. The van der Waals surface area contributed by atoms with E-state index < -0.39 is 6.29 Å². The standard InChI is InChI=1S/C19H17N3O5S/c1-24-12-4-2-10(3-5-12)15-14-16(20-21-18(23)11-6-7-28-9-11)19-25-8-13(26-19)17(14)27-22-15/h2-7,9,13-14,17,19H,8H2,1H3,(H,21,23)/b20-16-. The largest absolute Gasteiger partial charge is 0.497 e. The van der Waals surface area contributed by atoms with Gasteiger partial charge < -0.3 is 19.0 Å². The lowest BCUT2D eigenvalue weighted by Gasteiger charge is -2.30. The number of hydrazone groups is 1. The monoisotopic (exact) mass is 399 g/mol. The van der Waals surface area contributed by atoms with Gasteiger partial charge in [0.15, 0.2) is 12.4 Å². The second-order valence-electron chi connectivity index (χ2n) is 6.58. The summed E-state index contributed by atoms with van der Waals surface area (Å²) in [6, 6.07) is 9.31. The summed E-state index contributed by atoms with van der Waals surface area (Å²) in [4.78, 5) is 18.0. The Labute approximate surface area is 164 Å². The fourth-order valence-corrected chi connectivity index (χ4v) is 4.20. The molecule has 4 heterocycles. The van der Waals surface area contributed by atoms with Gasteiger partial charge >= 0.3 is 0 Å². The Balaban J connectivity index is 1.45. The molecule has 0 radical (unpaired) electrons. The first-order valence-corrected chi connectivity index (χ1v) is 9.74. The molecule has 2 saturated heterocycles. The molecule has 4 atom stereocenters. The van der Waals surface area contributed by atoms with Crippen LogP contribution in [0.15, 0.2) is 51.3 Å². The van der Waals surface area contributed by atoms with E-state index in [1.165, 1.54) is 11.3 Å². The number of nitrogens with one attached hydrogen (secondary N) is 1. The Kier molecular flexibility index (Phi) is 4.34. The quantitative estimate of drug-likeness (QED) is 0.795. The summed E-state index contributed by atoms with van der Waals surface area (Å²) in [7, 11) is 1.62. The van der Waals surface area contributed by atoms with Gasteiger partial charge in [0, 0.05) is 10.9 Å². The summed E-state index contributed by atoms with van der Waals surface area (Å²) in [5.74, 6) is 0.210. The lowest BCUT2D eigenvalue weighted by atomic mass is 9.84. The number of carbonyl (C=O) groups excluding carboxylic acids is 1. The van der Waals surface area contributed by atoms with Crippen LogP contribution in [0.1, 0.15) is 15.9 Å². The van der Waals surface area contributed by atoms with Crippen molar-refractivity contribution in [2.75, 3.05) is 13.7 Å². The number of oxime groups is 1. The zero-order valence-electron chi connectivity index (χ0n) is 14.9. The first kappa shape index (κ1) is 17.4. The molecule has 2 fully saturated rings. The Morgan fingerprint density at radius 3 is 2.93 bits per heavy atom. The average molecular weight is 399 g/mol. The van der Waals surface area contributed by atoms with E-state index in [9.17, 15) is 4.79 Å². The van der Waals surface area contributed by atoms with Crippen LogP contribution in [0, 0.1) is 5.92 Å². The molecule has 0 saturated carbocycles. The number of fused-ring (bicyclic) bond motifs is 4.